The Bertz CT molecular complexity index is 3190. The molecule has 0 radical (unpaired) electrons. The molecule has 0 amide bonds. The average molecular weight is 859 g/mol. The zero-order valence-corrected chi connectivity index (χ0v) is 40.5. The van der Waals surface area contributed by atoms with Crippen molar-refractivity contribution < 1.29 is 0 Å². The van der Waals surface area contributed by atoms with Gasteiger partial charge in [0, 0.05) is 34.0 Å². The second-order valence-corrected chi connectivity index (χ2v) is 22.4. The quantitative estimate of drug-likeness (QED) is 0.168. The summed E-state index contributed by atoms with van der Waals surface area (Å²) in [6.07, 6.45) is 4.68. The first-order valence-corrected chi connectivity index (χ1v) is 24.4. The number of aryl methyl sites for hydroxylation is 1. The lowest BCUT2D eigenvalue weighted by molar-refractivity contribution is 0.332. The van der Waals surface area contributed by atoms with Crippen molar-refractivity contribution in [3.63, 3.8) is 0 Å². The van der Waals surface area contributed by atoms with Crippen LogP contribution in [-0.2, 0) is 21.7 Å². The van der Waals surface area contributed by atoms with E-state index in [9.17, 15) is 0 Å². The summed E-state index contributed by atoms with van der Waals surface area (Å²) in [6, 6.07) is 59.8. The molecule has 0 aromatic heterocycles. The lowest BCUT2D eigenvalue weighted by atomic mass is 9.57. The Kier molecular flexibility index (Phi) is 9.86. The Balaban J connectivity index is 1.19. The molecule has 8 aromatic rings. The fourth-order valence-electron chi connectivity index (χ4n) is 11.8. The highest BCUT2D eigenvalue weighted by molar-refractivity contribution is 6.73. The molecule has 8 aromatic carbocycles. The molecule has 1 heterocycles. The summed E-state index contributed by atoms with van der Waals surface area (Å²) in [5.41, 5.74) is 23.8. The van der Waals surface area contributed by atoms with Crippen molar-refractivity contribution in [1.82, 2.24) is 0 Å². The third kappa shape index (κ3) is 7.09. The van der Waals surface area contributed by atoms with Crippen molar-refractivity contribution in [1.29, 1.82) is 0 Å². The maximum atomic E-state index is 4.07. The van der Waals surface area contributed by atoms with Gasteiger partial charge in [-0.05, 0) is 169 Å². The van der Waals surface area contributed by atoms with Crippen molar-refractivity contribution in [3.8, 4) is 33.4 Å². The molecule has 2 nitrogen and oxygen atoms in total. The zero-order valence-electron chi connectivity index (χ0n) is 40.5. The fourth-order valence-corrected chi connectivity index (χ4v) is 11.8. The SMILES string of the molecule is Cc1cc2c(cc1N1c3cc(-c4ccccc4)ccc3Bc3c1cc1ccccc1c3-c1cc3c(cc1Nc1ccc(-c4ccccc4)cc1)C(C)(C)CCC3(C)C)C(C)(C)CCC2(C)C. The molecule has 2 aliphatic carbocycles. The van der Waals surface area contributed by atoms with Crippen LogP contribution in [0.25, 0.3) is 44.2 Å². The predicted molar refractivity (Wildman–Crippen MR) is 286 cm³/mol. The van der Waals surface area contributed by atoms with E-state index in [2.05, 4.69) is 230 Å². The van der Waals surface area contributed by atoms with Crippen LogP contribution in [0.2, 0.25) is 0 Å². The third-order valence-corrected chi connectivity index (χ3v) is 16.1. The minimum Gasteiger partial charge on any atom is -0.355 e. The number of fused-ring (bicyclic) bond motifs is 5. The van der Waals surface area contributed by atoms with Gasteiger partial charge in [0.15, 0.2) is 7.28 Å². The highest BCUT2D eigenvalue weighted by Gasteiger charge is 2.41. The summed E-state index contributed by atoms with van der Waals surface area (Å²) in [6.45, 7) is 22.0. The van der Waals surface area contributed by atoms with Crippen molar-refractivity contribution in [2.24, 2.45) is 0 Å². The van der Waals surface area contributed by atoms with E-state index in [1.165, 1.54) is 113 Å². The smallest absolute Gasteiger partial charge is 0.198 e. The van der Waals surface area contributed by atoms with Crippen LogP contribution in [0, 0.1) is 6.92 Å². The number of benzene rings is 8. The van der Waals surface area contributed by atoms with E-state index >= 15 is 0 Å². The van der Waals surface area contributed by atoms with Gasteiger partial charge in [-0.1, -0.05) is 176 Å². The highest BCUT2D eigenvalue weighted by atomic mass is 15.2. The van der Waals surface area contributed by atoms with E-state index in [-0.39, 0.29) is 21.7 Å². The molecular weight excluding hydrogens is 796 g/mol. The van der Waals surface area contributed by atoms with Gasteiger partial charge in [-0.2, -0.15) is 0 Å². The Labute approximate surface area is 394 Å². The lowest BCUT2D eigenvalue weighted by Crippen LogP contribution is -2.41. The van der Waals surface area contributed by atoms with Crippen LogP contribution in [0.5, 0.6) is 0 Å². The molecule has 3 aliphatic rings. The summed E-state index contributed by atoms with van der Waals surface area (Å²) in [5.74, 6) is 0. The largest absolute Gasteiger partial charge is 0.355 e. The Hall–Kier alpha value is -6.32. The van der Waals surface area contributed by atoms with Crippen LogP contribution >= 0.6 is 0 Å². The predicted octanol–water partition coefficient (Wildman–Crippen LogP) is 15.8. The van der Waals surface area contributed by atoms with Crippen LogP contribution in [0.1, 0.15) is 109 Å². The summed E-state index contributed by atoms with van der Waals surface area (Å²) in [7, 11) is 0.829. The maximum absolute atomic E-state index is 4.07. The second kappa shape index (κ2) is 15.4. The topological polar surface area (TPSA) is 15.3 Å². The van der Waals surface area contributed by atoms with Crippen molar-refractivity contribution in [2.75, 3.05) is 10.2 Å². The first-order chi connectivity index (χ1) is 31.6. The van der Waals surface area contributed by atoms with E-state index in [0.29, 0.717) is 0 Å². The molecule has 11 rings (SSSR count). The van der Waals surface area contributed by atoms with Gasteiger partial charge >= 0.3 is 0 Å². The fraction of sp³-hybridized carbons (Fsp3) is 0.270. The molecule has 0 saturated heterocycles. The average Bonchev–Trinajstić information content (AvgIpc) is 3.31. The van der Waals surface area contributed by atoms with E-state index in [1.807, 2.05) is 0 Å². The maximum Gasteiger partial charge on any atom is 0.198 e. The van der Waals surface area contributed by atoms with Gasteiger partial charge in [0.2, 0.25) is 0 Å². The van der Waals surface area contributed by atoms with E-state index in [1.54, 1.807) is 0 Å². The molecule has 1 aliphatic heterocycles. The van der Waals surface area contributed by atoms with E-state index in [4.69, 9.17) is 0 Å². The second-order valence-electron chi connectivity index (χ2n) is 22.4. The van der Waals surface area contributed by atoms with Crippen molar-refractivity contribution in [2.45, 2.75) is 110 Å². The van der Waals surface area contributed by atoms with Gasteiger partial charge in [-0.25, -0.2) is 0 Å². The first kappa shape index (κ1) is 42.3. The van der Waals surface area contributed by atoms with Crippen molar-refractivity contribution in [3.05, 3.63) is 186 Å². The molecule has 3 heteroatoms. The Morgan fingerprint density at radius 2 is 0.970 bits per heavy atom. The van der Waals surface area contributed by atoms with Crippen LogP contribution in [0.3, 0.4) is 0 Å². The molecule has 66 heavy (non-hydrogen) atoms. The molecule has 0 bridgehead atoms. The molecule has 0 fully saturated rings. The van der Waals surface area contributed by atoms with Gasteiger partial charge in [0.1, 0.15) is 0 Å². The summed E-state index contributed by atoms with van der Waals surface area (Å²) < 4.78 is 0. The van der Waals surface area contributed by atoms with Gasteiger partial charge in [0.05, 0.1) is 0 Å². The first-order valence-electron chi connectivity index (χ1n) is 24.4. The molecule has 328 valence electrons. The van der Waals surface area contributed by atoms with Crippen LogP contribution in [0.4, 0.5) is 28.4 Å². The number of hydrogen-bond acceptors (Lipinski definition) is 2. The number of nitrogens with zero attached hydrogens (tertiary/aromatic N) is 1. The van der Waals surface area contributed by atoms with Crippen molar-refractivity contribution >= 4 is 57.4 Å². The van der Waals surface area contributed by atoms with Gasteiger partial charge in [-0.3, -0.25) is 0 Å². The molecule has 0 saturated carbocycles. The molecule has 0 atom stereocenters. The summed E-state index contributed by atoms with van der Waals surface area (Å²) in [4.78, 5) is 2.66. The van der Waals surface area contributed by atoms with Crippen LogP contribution < -0.4 is 21.1 Å². The molecule has 1 N–H and O–H groups in total. The highest BCUT2D eigenvalue weighted by Crippen LogP contribution is 2.53. The molecule has 0 spiro atoms. The van der Waals surface area contributed by atoms with Gasteiger partial charge in [-0.15, -0.1) is 0 Å². The molecule has 0 unspecified atom stereocenters. The standard InChI is InChI=1S/C63H63BN2/c1-40-34-49-52(63(8,9)33-30-60(49,2)3)39-55(40)66-56-35-44(42-20-14-11-15-21-42)26-29-53(56)64-59-57(66)36-45-22-16-17-23-47(45)58(59)48-37-50-51(62(6,7)32-31-61(50,4)5)38-54(48)65-46-27-24-43(25-28-46)41-18-12-10-13-19-41/h10-29,34-39,64-65H,30-33H2,1-9H3. The minimum absolute atomic E-state index is 0.0351. The van der Waals surface area contributed by atoms with Gasteiger partial charge < -0.3 is 10.2 Å². The third-order valence-electron chi connectivity index (χ3n) is 16.1. The number of hydrogen-bond donors (Lipinski definition) is 1. The van der Waals surface area contributed by atoms with Crippen LogP contribution in [0.15, 0.2) is 158 Å². The normalized spacial score (nSPS) is 17.2. The summed E-state index contributed by atoms with van der Waals surface area (Å²) >= 11 is 0. The van der Waals surface area contributed by atoms with Gasteiger partial charge in [0.25, 0.3) is 0 Å². The molecular formula is C63H63BN2. The lowest BCUT2D eigenvalue weighted by Gasteiger charge is -2.44. The van der Waals surface area contributed by atoms with Crippen LogP contribution in [-0.4, -0.2) is 7.28 Å². The summed E-state index contributed by atoms with van der Waals surface area (Å²) in [5, 5.41) is 6.62. The number of rotatable bonds is 6. The number of anilines is 5. The Morgan fingerprint density at radius 3 is 1.61 bits per heavy atom. The number of nitrogens with one attached hydrogen (secondary N) is 1. The Morgan fingerprint density at radius 1 is 0.455 bits per heavy atom. The minimum atomic E-state index is 0.0351. The zero-order chi connectivity index (χ0) is 45.8. The monoisotopic (exact) mass is 859 g/mol. The van der Waals surface area contributed by atoms with E-state index in [0.717, 1.165) is 31.5 Å². The van der Waals surface area contributed by atoms with E-state index < -0.39 is 0 Å².